The van der Waals surface area contributed by atoms with Gasteiger partial charge in [0.2, 0.25) is 0 Å². The predicted octanol–water partition coefficient (Wildman–Crippen LogP) is 1.89. The molecule has 1 amide bonds. The number of nitrogens with zero attached hydrogens (tertiary/aromatic N) is 2. The number of amides is 1. The van der Waals surface area contributed by atoms with E-state index in [1.807, 2.05) is 0 Å². The summed E-state index contributed by atoms with van der Waals surface area (Å²) >= 11 is 5.99. The van der Waals surface area contributed by atoms with Gasteiger partial charge in [0.15, 0.2) is 0 Å². The summed E-state index contributed by atoms with van der Waals surface area (Å²) in [6, 6.07) is 3.39. The van der Waals surface area contributed by atoms with Crippen molar-refractivity contribution in [1.82, 2.24) is 9.88 Å². The van der Waals surface area contributed by atoms with E-state index in [4.69, 9.17) is 16.3 Å². The highest BCUT2D eigenvalue weighted by Crippen LogP contribution is 2.17. The highest BCUT2D eigenvalue weighted by Gasteiger charge is 2.17. The van der Waals surface area contributed by atoms with Crippen LogP contribution < -0.4 is 5.32 Å². The summed E-state index contributed by atoms with van der Waals surface area (Å²) in [6.45, 7) is 1.23. The summed E-state index contributed by atoms with van der Waals surface area (Å²) in [6.07, 6.45) is 0.780. The number of rotatable bonds is 6. The Hall–Kier alpha value is -1.33. The van der Waals surface area contributed by atoms with Crippen molar-refractivity contribution in [2.45, 2.75) is 6.42 Å². The second-order valence-corrected chi connectivity index (χ2v) is 4.26. The van der Waals surface area contributed by atoms with Crippen molar-refractivity contribution in [2.75, 3.05) is 39.7 Å². The minimum atomic E-state index is -0.187. The van der Waals surface area contributed by atoms with Crippen LogP contribution in [0, 0.1) is 0 Å². The molecule has 5 nitrogen and oxygen atoms in total. The lowest BCUT2D eigenvalue weighted by atomic mass is 10.3. The number of pyridine rings is 1. The Bertz CT molecular complexity index is 412. The average Bonchev–Trinajstić information content (AvgIpc) is 2.38. The van der Waals surface area contributed by atoms with Crippen molar-refractivity contribution in [3.63, 3.8) is 0 Å². The first kappa shape index (κ1) is 14.7. The number of carbonyl (C=O) groups excluding carboxylic acids is 1. The zero-order valence-corrected chi connectivity index (χ0v) is 11.6. The molecule has 1 aromatic rings. The third-order valence-electron chi connectivity index (χ3n) is 2.49. The molecule has 100 valence electrons. The molecule has 0 fully saturated rings. The van der Waals surface area contributed by atoms with Gasteiger partial charge in [0.25, 0.3) is 5.91 Å². The first-order valence-corrected chi connectivity index (χ1v) is 6.06. The standard InChI is InChI=1S/C12H18ClN3O2/c1-14-10-6-5-9(13)11(15-10)12(17)16(2)7-4-8-18-3/h5-6H,4,7-8H2,1-3H3,(H,14,15). The molecule has 1 heterocycles. The van der Waals surface area contributed by atoms with Crippen LogP contribution in [0.2, 0.25) is 5.02 Å². The second kappa shape index (κ2) is 7.18. The number of anilines is 1. The summed E-state index contributed by atoms with van der Waals surface area (Å²) in [4.78, 5) is 17.9. The van der Waals surface area contributed by atoms with Crippen LogP contribution in [0.3, 0.4) is 0 Å². The van der Waals surface area contributed by atoms with Gasteiger partial charge in [0, 0.05) is 34.4 Å². The predicted molar refractivity (Wildman–Crippen MR) is 72.2 cm³/mol. The normalized spacial score (nSPS) is 10.2. The van der Waals surface area contributed by atoms with Gasteiger partial charge in [-0.05, 0) is 18.6 Å². The minimum Gasteiger partial charge on any atom is -0.385 e. The first-order valence-electron chi connectivity index (χ1n) is 5.68. The molecule has 0 atom stereocenters. The van der Waals surface area contributed by atoms with E-state index in [0.717, 1.165) is 6.42 Å². The van der Waals surface area contributed by atoms with E-state index in [9.17, 15) is 4.79 Å². The molecular weight excluding hydrogens is 254 g/mol. The molecular formula is C12H18ClN3O2. The Morgan fingerprint density at radius 3 is 2.89 bits per heavy atom. The van der Waals surface area contributed by atoms with Crippen LogP contribution >= 0.6 is 11.6 Å². The summed E-state index contributed by atoms with van der Waals surface area (Å²) in [5.41, 5.74) is 0.267. The zero-order chi connectivity index (χ0) is 13.5. The van der Waals surface area contributed by atoms with E-state index >= 15 is 0 Å². The molecule has 0 radical (unpaired) electrons. The summed E-state index contributed by atoms with van der Waals surface area (Å²) < 4.78 is 4.95. The molecule has 0 saturated heterocycles. The molecule has 1 aromatic heterocycles. The first-order chi connectivity index (χ1) is 8.60. The summed E-state index contributed by atoms with van der Waals surface area (Å²) in [5.74, 6) is 0.432. The topological polar surface area (TPSA) is 54.5 Å². The third-order valence-corrected chi connectivity index (χ3v) is 2.80. The molecule has 0 aliphatic heterocycles. The van der Waals surface area contributed by atoms with E-state index < -0.39 is 0 Å². The number of aromatic nitrogens is 1. The number of halogens is 1. The van der Waals surface area contributed by atoms with Gasteiger partial charge in [-0.2, -0.15) is 0 Å². The quantitative estimate of drug-likeness (QED) is 0.803. The number of methoxy groups -OCH3 is 1. The van der Waals surface area contributed by atoms with Crippen LogP contribution in [0.25, 0.3) is 0 Å². The molecule has 6 heteroatoms. The second-order valence-electron chi connectivity index (χ2n) is 3.85. The highest BCUT2D eigenvalue weighted by atomic mass is 35.5. The molecule has 0 unspecified atom stereocenters. The Morgan fingerprint density at radius 2 is 2.28 bits per heavy atom. The SMILES string of the molecule is CNc1ccc(Cl)c(C(=O)N(C)CCCOC)n1. The number of carbonyl (C=O) groups is 1. The smallest absolute Gasteiger partial charge is 0.273 e. The van der Waals surface area contributed by atoms with Crippen molar-refractivity contribution in [3.8, 4) is 0 Å². The van der Waals surface area contributed by atoms with Crippen LogP contribution in [0.5, 0.6) is 0 Å². The van der Waals surface area contributed by atoms with Crippen LogP contribution in [0.15, 0.2) is 12.1 Å². The number of ether oxygens (including phenoxy) is 1. The average molecular weight is 272 g/mol. The lowest BCUT2D eigenvalue weighted by Gasteiger charge is -2.17. The number of hydrogen-bond acceptors (Lipinski definition) is 4. The van der Waals surface area contributed by atoms with E-state index in [1.165, 1.54) is 0 Å². The van der Waals surface area contributed by atoms with E-state index in [2.05, 4.69) is 10.3 Å². The molecule has 0 spiro atoms. The van der Waals surface area contributed by atoms with Gasteiger partial charge in [-0.15, -0.1) is 0 Å². The maximum atomic E-state index is 12.1. The molecule has 0 aromatic carbocycles. The zero-order valence-electron chi connectivity index (χ0n) is 10.9. The number of hydrogen-bond donors (Lipinski definition) is 1. The van der Waals surface area contributed by atoms with Gasteiger partial charge in [0.05, 0.1) is 5.02 Å². The lowest BCUT2D eigenvalue weighted by Crippen LogP contribution is -2.29. The van der Waals surface area contributed by atoms with Crippen molar-refractivity contribution < 1.29 is 9.53 Å². The maximum Gasteiger partial charge on any atom is 0.273 e. The highest BCUT2D eigenvalue weighted by molar-refractivity contribution is 6.33. The molecule has 0 bridgehead atoms. The van der Waals surface area contributed by atoms with E-state index in [-0.39, 0.29) is 11.6 Å². The maximum absolute atomic E-state index is 12.1. The summed E-state index contributed by atoms with van der Waals surface area (Å²) in [7, 11) is 5.10. The Balaban J connectivity index is 2.76. The molecule has 1 rings (SSSR count). The van der Waals surface area contributed by atoms with Gasteiger partial charge < -0.3 is 15.0 Å². The lowest BCUT2D eigenvalue weighted by molar-refractivity contribution is 0.0774. The molecule has 18 heavy (non-hydrogen) atoms. The van der Waals surface area contributed by atoms with Gasteiger partial charge in [-0.25, -0.2) is 4.98 Å². The van der Waals surface area contributed by atoms with E-state index in [0.29, 0.717) is 24.0 Å². The fourth-order valence-corrected chi connectivity index (χ4v) is 1.65. The van der Waals surface area contributed by atoms with Crippen LogP contribution in [-0.4, -0.2) is 50.1 Å². The number of nitrogens with one attached hydrogen (secondary N) is 1. The van der Waals surface area contributed by atoms with Crippen LogP contribution in [0.4, 0.5) is 5.82 Å². The minimum absolute atomic E-state index is 0.187. The summed E-state index contributed by atoms with van der Waals surface area (Å²) in [5, 5.41) is 3.24. The van der Waals surface area contributed by atoms with Crippen LogP contribution in [-0.2, 0) is 4.74 Å². The van der Waals surface area contributed by atoms with Gasteiger partial charge in [0.1, 0.15) is 11.5 Å². The van der Waals surface area contributed by atoms with Crippen molar-refractivity contribution in [1.29, 1.82) is 0 Å². The van der Waals surface area contributed by atoms with Crippen LogP contribution in [0.1, 0.15) is 16.9 Å². The third kappa shape index (κ3) is 3.85. The van der Waals surface area contributed by atoms with Gasteiger partial charge >= 0.3 is 0 Å². The van der Waals surface area contributed by atoms with Crippen molar-refractivity contribution >= 4 is 23.3 Å². The van der Waals surface area contributed by atoms with Gasteiger partial charge in [-0.3, -0.25) is 4.79 Å². The molecule has 0 aliphatic carbocycles. The molecule has 0 aliphatic rings. The van der Waals surface area contributed by atoms with Crippen molar-refractivity contribution in [3.05, 3.63) is 22.8 Å². The fraction of sp³-hybridized carbons (Fsp3) is 0.500. The molecule has 0 saturated carbocycles. The Labute approximate surface area is 112 Å². The monoisotopic (exact) mass is 271 g/mol. The largest absolute Gasteiger partial charge is 0.385 e. The van der Waals surface area contributed by atoms with Crippen molar-refractivity contribution in [2.24, 2.45) is 0 Å². The van der Waals surface area contributed by atoms with E-state index in [1.54, 1.807) is 38.2 Å². The Kier molecular flexibility index (Phi) is 5.88. The Morgan fingerprint density at radius 1 is 1.56 bits per heavy atom. The van der Waals surface area contributed by atoms with Gasteiger partial charge in [-0.1, -0.05) is 11.6 Å². The molecule has 1 N–H and O–H groups in total. The fourth-order valence-electron chi connectivity index (χ4n) is 1.46.